The van der Waals surface area contributed by atoms with Gasteiger partial charge in [-0.15, -0.1) is 0 Å². The van der Waals surface area contributed by atoms with Gasteiger partial charge in [-0.25, -0.2) is 4.57 Å². The minimum atomic E-state index is -0.833. The number of hydrogen-bond donors (Lipinski definition) is 2. The lowest BCUT2D eigenvalue weighted by Crippen LogP contribution is -1.03. The van der Waals surface area contributed by atoms with Crippen molar-refractivity contribution in [1.29, 1.82) is 0 Å². The van der Waals surface area contributed by atoms with E-state index in [-0.39, 0.29) is 6.15 Å². The summed E-state index contributed by atoms with van der Waals surface area (Å²) in [5.41, 5.74) is 0. The Balaban J connectivity index is 0. The molecule has 0 aromatic rings. The molecule has 0 radical (unpaired) electrons. The minimum absolute atomic E-state index is 0. The van der Waals surface area contributed by atoms with Crippen molar-refractivity contribution < 1.29 is 9.46 Å². The van der Waals surface area contributed by atoms with E-state index in [0.717, 1.165) is 0 Å². The quantitative estimate of drug-likeness (QED) is 0.419. The fourth-order valence-electron chi connectivity index (χ4n) is 0. The molecule has 0 aliphatic heterocycles. The highest BCUT2D eigenvalue weighted by molar-refractivity contribution is 7.16. The van der Waals surface area contributed by atoms with Crippen LogP contribution in [0.1, 0.15) is 0 Å². The second kappa shape index (κ2) is 11.8. The van der Waals surface area contributed by atoms with Gasteiger partial charge in [-0.1, -0.05) is 0 Å². The summed E-state index contributed by atoms with van der Waals surface area (Å²) in [6.07, 6.45) is 0. The van der Waals surface area contributed by atoms with Gasteiger partial charge < -0.3 is 11.0 Å². The monoisotopic (exact) mass is 82.0 g/mol. The molecule has 0 aromatic heterocycles. The van der Waals surface area contributed by atoms with Crippen LogP contribution in [-0.2, 0) is 4.57 Å². The van der Waals surface area contributed by atoms with Crippen molar-refractivity contribution in [3.63, 3.8) is 0 Å². The van der Waals surface area contributed by atoms with Crippen LogP contribution in [0.2, 0.25) is 0 Å². The van der Waals surface area contributed by atoms with Gasteiger partial charge in [-0.2, -0.15) is 0 Å². The minimum Gasteiger partial charge on any atom is -0.369 e. The molecule has 0 aliphatic carbocycles. The zero-order valence-corrected chi connectivity index (χ0v) is 3.20. The van der Waals surface area contributed by atoms with Gasteiger partial charge in [0, 0.05) is 0 Å². The van der Waals surface area contributed by atoms with Crippen LogP contribution in [-0.4, -0.2) is 4.89 Å². The zero-order chi connectivity index (χ0) is 2.71. The van der Waals surface area contributed by atoms with Gasteiger partial charge in [0.25, 0.3) is 0 Å². The molecule has 0 spiro atoms. The van der Waals surface area contributed by atoms with Crippen LogP contribution in [0.25, 0.3) is 0 Å². The summed E-state index contributed by atoms with van der Waals surface area (Å²) in [7, 11) is -0.833. The maximum atomic E-state index is 8.46. The van der Waals surface area contributed by atoms with Crippen molar-refractivity contribution in [2.75, 3.05) is 0 Å². The van der Waals surface area contributed by atoms with E-state index in [1.807, 2.05) is 0 Å². The highest BCUT2D eigenvalue weighted by Gasteiger charge is 1.28. The van der Waals surface area contributed by atoms with Gasteiger partial charge in [-0.3, -0.25) is 0 Å². The summed E-state index contributed by atoms with van der Waals surface area (Å²) in [4.78, 5) is 6.99. The lowest BCUT2D eigenvalue weighted by molar-refractivity contribution is 0.524. The first-order chi connectivity index (χ1) is 1.41. The predicted molar refractivity (Wildman–Crippen MR) is 15.8 cm³/mol. The van der Waals surface area contributed by atoms with Crippen molar-refractivity contribution in [2.24, 2.45) is 0 Å². The summed E-state index contributed by atoms with van der Waals surface area (Å²) >= 11 is 0. The van der Waals surface area contributed by atoms with E-state index in [1.165, 1.54) is 0 Å². The molecule has 0 saturated carbocycles. The van der Waals surface area contributed by atoms with Crippen molar-refractivity contribution in [3.8, 4) is 0 Å². The zero-order valence-electron chi connectivity index (χ0n) is 2.30. The molecule has 3 nitrogen and oxygen atoms in total. The topological polar surface area (TPSA) is 73.8 Å². The third kappa shape index (κ3) is 5250. The van der Waals surface area contributed by atoms with E-state index in [1.54, 1.807) is 0 Å². The number of quaternary nitrogens is 1. The van der Waals surface area contributed by atoms with Crippen molar-refractivity contribution in [1.82, 2.24) is 6.15 Å². The first-order valence-corrected chi connectivity index (χ1v) is 1.15. The Morgan fingerprint density at radius 2 is 1.75 bits per heavy atom. The first kappa shape index (κ1) is 8.99. The second-order valence-corrected chi connectivity index (χ2v) is 0.245. The normalized spacial score (nSPS) is 5.25. The third-order valence-electron chi connectivity index (χ3n) is 0. The lowest BCUT2D eigenvalue weighted by Gasteiger charge is -1.24. The predicted octanol–water partition coefficient (Wildman–Crippen LogP) is 0.562. The molecule has 0 unspecified atom stereocenters. The van der Waals surface area contributed by atoms with E-state index in [4.69, 9.17) is 9.46 Å². The van der Waals surface area contributed by atoms with Gasteiger partial charge >= 0.3 is 8.69 Å². The van der Waals surface area contributed by atoms with Crippen LogP contribution in [0.5, 0.6) is 0 Å². The Hall–Kier alpha value is 0.0200. The van der Waals surface area contributed by atoms with Gasteiger partial charge in [-0.05, 0) is 0 Å². The largest absolute Gasteiger partial charge is 0.369 e. The molecule has 5 N–H and O–H groups in total. The molecular formula is H5NO2P+. The van der Waals surface area contributed by atoms with Crippen LogP contribution < -0.4 is 6.15 Å². The number of hydrogen-bond acceptors (Lipinski definition) is 1. The smallest absolute Gasteiger partial charge is 0.324 e. The average molecular weight is 82.0 g/mol. The maximum absolute atomic E-state index is 8.46. The van der Waals surface area contributed by atoms with Gasteiger partial charge in [0.15, 0.2) is 0 Å². The summed E-state index contributed by atoms with van der Waals surface area (Å²) in [5.74, 6) is 0. The molecular weight excluding hydrogens is 77.0 g/mol. The Morgan fingerprint density at radius 3 is 1.75 bits per heavy atom. The Kier molecular flexibility index (Phi) is 26.6. The molecule has 0 bridgehead atoms. The summed E-state index contributed by atoms with van der Waals surface area (Å²) in [5, 5.41) is 0. The molecule has 0 aromatic carbocycles. The third-order valence-corrected chi connectivity index (χ3v) is 0. The van der Waals surface area contributed by atoms with E-state index in [9.17, 15) is 0 Å². The molecule has 0 atom stereocenters. The Morgan fingerprint density at radius 1 is 1.75 bits per heavy atom. The molecule has 0 amide bonds. The average Bonchev–Trinajstić information content (AvgIpc) is 0.918. The maximum Gasteiger partial charge on any atom is 0.324 e. The molecule has 4 heavy (non-hydrogen) atoms. The van der Waals surface area contributed by atoms with Crippen LogP contribution in [0.4, 0.5) is 0 Å². The van der Waals surface area contributed by atoms with Crippen LogP contribution >= 0.6 is 8.69 Å². The van der Waals surface area contributed by atoms with Crippen LogP contribution in [0.15, 0.2) is 0 Å². The van der Waals surface area contributed by atoms with Gasteiger partial charge in [0.2, 0.25) is 0 Å². The number of rotatable bonds is 0. The SMILES string of the molecule is O=PO.[NH4+]. The van der Waals surface area contributed by atoms with E-state index in [2.05, 4.69) is 0 Å². The Labute approximate surface area is 25.5 Å². The Bertz CT molecular complexity index is 13.5. The lowest BCUT2D eigenvalue weighted by atomic mass is 14.0. The molecule has 0 fully saturated rings. The van der Waals surface area contributed by atoms with Crippen LogP contribution in [0.3, 0.4) is 0 Å². The molecule has 0 aliphatic rings. The first-order valence-electron chi connectivity index (χ1n) is 0.383. The van der Waals surface area contributed by atoms with Gasteiger partial charge in [0.1, 0.15) is 0 Å². The molecule has 0 rings (SSSR count). The van der Waals surface area contributed by atoms with Gasteiger partial charge in [0.05, 0.1) is 0 Å². The summed E-state index contributed by atoms with van der Waals surface area (Å²) in [6.45, 7) is 0. The molecule has 0 saturated heterocycles. The molecule has 4 heteroatoms. The highest BCUT2D eigenvalue weighted by Crippen LogP contribution is 1.66. The summed E-state index contributed by atoms with van der Waals surface area (Å²) < 4.78 is 8.46. The molecule has 0 heterocycles. The van der Waals surface area contributed by atoms with Crippen molar-refractivity contribution >= 4 is 8.69 Å². The highest BCUT2D eigenvalue weighted by atomic mass is 31.1. The standard InChI is InChI=1S/H3N.HO2P/c;1-3-2/h1H3;(H,1,2)/p+1. The van der Waals surface area contributed by atoms with Crippen LogP contribution in [0, 0.1) is 0 Å². The van der Waals surface area contributed by atoms with Crippen molar-refractivity contribution in [2.45, 2.75) is 0 Å². The molecule has 26 valence electrons. The second-order valence-electron chi connectivity index (χ2n) is 0.0816. The fourth-order valence-corrected chi connectivity index (χ4v) is 0. The van der Waals surface area contributed by atoms with E-state index < -0.39 is 8.69 Å². The summed E-state index contributed by atoms with van der Waals surface area (Å²) in [6, 6.07) is 0. The van der Waals surface area contributed by atoms with E-state index >= 15 is 0 Å². The van der Waals surface area contributed by atoms with E-state index in [0.29, 0.717) is 0 Å². The van der Waals surface area contributed by atoms with Crippen molar-refractivity contribution in [3.05, 3.63) is 0 Å². The fraction of sp³-hybridized carbons (Fsp3) is 0.